The van der Waals surface area contributed by atoms with E-state index in [4.69, 9.17) is 0 Å². The van der Waals surface area contributed by atoms with Gasteiger partial charge in [-0.15, -0.1) is 0 Å². The van der Waals surface area contributed by atoms with Crippen LogP contribution in [0.4, 0.5) is 4.39 Å². The first-order chi connectivity index (χ1) is 10.4. The third kappa shape index (κ3) is 1.78. The van der Waals surface area contributed by atoms with Crippen LogP contribution in [-0.4, -0.2) is 23.2 Å². The number of alkyl halides is 1. The molecule has 3 fully saturated rings. The van der Waals surface area contributed by atoms with Gasteiger partial charge < -0.3 is 5.11 Å². The largest absolute Gasteiger partial charge is 0.389 e. The molecule has 7 atom stereocenters. The van der Waals surface area contributed by atoms with E-state index in [0.29, 0.717) is 18.3 Å². The molecule has 4 rings (SSSR count). The predicted octanol–water partition coefficient (Wildman–Crippen LogP) is 3.83. The molecule has 2 unspecified atom stereocenters. The van der Waals surface area contributed by atoms with Crippen LogP contribution in [0.2, 0.25) is 0 Å². The first kappa shape index (κ1) is 14.9. The Labute approximate surface area is 132 Å². The molecule has 1 N–H and O–H groups in total. The van der Waals surface area contributed by atoms with Crippen LogP contribution < -0.4 is 0 Å². The minimum Gasteiger partial charge on any atom is -0.389 e. The van der Waals surface area contributed by atoms with Crippen molar-refractivity contribution in [3.63, 3.8) is 0 Å². The van der Waals surface area contributed by atoms with Crippen molar-refractivity contribution in [1.82, 2.24) is 0 Å². The molecule has 0 spiro atoms. The Morgan fingerprint density at radius 1 is 1.14 bits per heavy atom. The summed E-state index contributed by atoms with van der Waals surface area (Å²) in [6.45, 7) is 4.38. The van der Waals surface area contributed by atoms with Gasteiger partial charge in [0.25, 0.3) is 0 Å². The summed E-state index contributed by atoms with van der Waals surface area (Å²) in [5, 5.41) is 9.95. The Morgan fingerprint density at radius 3 is 2.64 bits per heavy atom. The third-order valence-electron chi connectivity index (χ3n) is 7.79. The maximum absolute atomic E-state index is 14.1. The topological polar surface area (TPSA) is 37.3 Å². The van der Waals surface area contributed by atoms with Crippen molar-refractivity contribution >= 4 is 5.78 Å². The fraction of sp³-hybridized carbons (Fsp3) is 0.842. The molecule has 122 valence electrons. The first-order valence-corrected chi connectivity index (χ1v) is 8.94. The zero-order valence-corrected chi connectivity index (χ0v) is 13.6. The molecule has 0 radical (unpaired) electrons. The van der Waals surface area contributed by atoms with Crippen LogP contribution in [0.25, 0.3) is 0 Å². The second-order valence-corrected chi connectivity index (χ2v) is 8.65. The van der Waals surface area contributed by atoms with E-state index in [1.54, 1.807) is 0 Å². The van der Waals surface area contributed by atoms with E-state index < -0.39 is 11.6 Å². The second kappa shape index (κ2) is 4.66. The van der Waals surface area contributed by atoms with Crippen LogP contribution in [0.15, 0.2) is 11.6 Å². The van der Waals surface area contributed by atoms with E-state index in [1.807, 2.05) is 6.92 Å². The lowest BCUT2D eigenvalue weighted by atomic mass is 9.47. The summed E-state index contributed by atoms with van der Waals surface area (Å²) in [5.74, 6) is 1.16. The molecular formula is C19H27FO2. The minimum absolute atomic E-state index is 0.124. The summed E-state index contributed by atoms with van der Waals surface area (Å²) in [7, 11) is 0. The van der Waals surface area contributed by atoms with Gasteiger partial charge in [-0.3, -0.25) is 4.79 Å². The molecule has 22 heavy (non-hydrogen) atoms. The fourth-order valence-corrected chi connectivity index (χ4v) is 6.46. The lowest BCUT2D eigenvalue weighted by Gasteiger charge is -2.57. The Balaban J connectivity index is 1.69. The van der Waals surface area contributed by atoms with Crippen molar-refractivity contribution < 1.29 is 14.3 Å². The lowest BCUT2D eigenvalue weighted by molar-refractivity contribution is -0.135. The summed E-state index contributed by atoms with van der Waals surface area (Å²) in [4.78, 5) is 12.3. The number of aliphatic hydroxyl groups excluding tert-OH is 1. The number of halogens is 1. The van der Waals surface area contributed by atoms with Gasteiger partial charge in [-0.1, -0.05) is 25.5 Å². The number of carbonyl (C=O) groups excluding carboxylic acids is 1. The van der Waals surface area contributed by atoms with Crippen LogP contribution in [-0.2, 0) is 4.79 Å². The average molecular weight is 306 g/mol. The van der Waals surface area contributed by atoms with Crippen LogP contribution >= 0.6 is 0 Å². The van der Waals surface area contributed by atoms with Gasteiger partial charge >= 0.3 is 0 Å². The van der Waals surface area contributed by atoms with Crippen molar-refractivity contribution in [3.05, 3.63) is 11.6 Å². The summed E-state index contributed by atoms with van der Waals surface area (Å²) in [6.07, 6.45) is 6.89. The number of carbonyl (C=O) groups is 1. The van der Waals surface area contributed by atoms with Gasteiger partial charge in [-0.2, -0.15) is 0 Å². The molecule has 0 heterocycles. The van der Waals surface area contributed by atoms with Gasteiger partial charge in [0.1, 0.15) is 0 Å². The molecular weight excluding hydrogens is 279 g/mol. The number of ketones is 1. The fourth-order valence-electron chi connectivity index (χ4n) is 6.46. The molecule has 0 amide bonds. The van der Waals surface area contributed by atoms with E-state index in [2.05, 4.69) is 13.0 Å². The monoisotopic (exact) mass is 306 g/mol. The number of hydrogen-bond donors (Lipinski definition) is 1. The molecule has 0 saturated heterocycles. The quantitative estimate of drug-likeness (QED) is 0.691. The Kier molecular flexibility index (Phi) is 3.15. The van der Waals surface area contributed by atoms with Crippen LogP contribution in [0.3, 0.4) is 0 Å². The van der Waals surface area contributed by atoms with Gasteiger partial charge in [-0.25, -0.2) is 4.39 Å². The summed E-state index contributed by atoms with van der Waals surface area (Å²) < 4.78 is 14.1. The first-order valence-electron chi connectivity index (χ1n) is 8.94. The van der Waals surface area contributed by atoms with Gasteiger partial charge in [0, 0.05) is 5.41 Å². The van der Waals surface area contributed by atoms with E-state index in [0.717, 1.165) is 38.5 Å². The number of Topliss-reactive ketones (excluding diaryl/α,β-unsaturated/α-hetero) is 1. The van der Waals surface area contributed by atoms with Gasteiger partial charge in [-0.05, 0) is 68.1 Å². The highest BCUT2D eigenvalue weighted by Gasteiger charge is 2.61. The van der Waals surface area contributed by atoms with Gasteiger partial charge in [0.05, 0.1) is 6.10 Å². The second-order valence-electron chi connectivity index (χ2n) is 8.65. The highest BCUT2D eigenvalue weighted by molar-refractivity contribution is 5.91. The Morgan fingerprint density at radius 2 is 1.86 bits per heavy atom. The predicted molar refractivity (Wildman–Crippen MR) is 83.0 cm³/mol. The Hall–Kier alpha value is -0.700. The van der Waals surface area contributed by atoms with E-state index in [1.165, 1.54) is 5.57 Å². The maximum Gasteiger partial charge on any atom is 0.173 e. The van der Waals surface area contributed by atoms with E-state index in [-0.39, 0.29) is 23.2 Å². The number of rotatable bonds is 0. The standard InChI is InChI=1S/C19H27FO2/c1-18-7-5-12(21)9-11(18)3-4-13-14(18)6-8-19(2)15(13)10-16(20)17(19)22/h9,12-16,21H,3-8,10H2,1-2H3/t12?,13-,14-,15+,16?,18+,19+/m1/s1. The zero-order valence-electron chi connectivity index (χ0n) is 13.6. The summed E-state index contributed by atoms with van der Waals surface area (Å²) in [6, 6.07) is 0. The number of allylic oxidation sites excluding steroid dienone is 1. The molecule has 0 aliphatic heterocycles. The molecule has 3 saturated carbocycles. The SMILES string of the molecule is C[C@]12CCC(O)C=C1CC[C@@H]1[C@H]2CC[C@]2(C)C(=O)C(F)C[C@@H]12. The normalized spacial score (nSPS) is 54.3. The van der Waals surface area contributed by atoms with Crippen molar-refractivity contribution in [1.29, 1.82) is 0 Å². The average Bonchev–Trinajstić information content (AvgIpc) is 2.72. The number of aliphatic hydroxyl groups is 1. The number of hydrogen-bond acceptors (Lipinski definition) is 2. The summed E-state index contributed by atoms with van der Waals surface area (Å²) in [5.41, 5.74) is 1.19. The molecule has 4 aliphatic rings. The van der Waals surface area contributed by atoms with Crippen molar-refractivity contribution in [3.8, 4) is 0 Å². The van der Waals surface area contributed by atoms with Crippen LogP contribution in [0.5, 0.6) is 0 Å². The molecule has 0 aromatic carbocycles. The minimum atomic E-state index is -1.23. The lowest BCUT2D eigenvalue weighted by Crippen LogP contribution is -2.50. The number of fused-ring (bicyclic) bond motifs is 5. The maximum atomic E-state index is 14.1. The van der Waals surface area contributed by atoms with Gasteiger partial charge in [0.15, 0.2) is 12.0 Å². The summed E-state index contributed by atoms with van der Waals surface area (Å²) >= 11 is 0. The highest BCUT2D eigenvalue weighted by Crippen LogP contribution is 2.64. The van der Waals surface area contributed by atoms with Crippen LogP contribution in [0, 0.1) is 28.6 Å². The molecule has 2 nitrogen and oxygen atoms in total. The smallest absolute Gasteiger partial charge is 0.173 e. The molecule has 3 heteroatoms. The van der Waals surface area contributed by atoms with Gasteiger partial charge in [0.2, 0.25) is 0 Å². The highest BCUT2D eigenvalue weighted by atomic mass is 19.1. The van der Waals surface area contributed by atoms with Crippen LogP contribution in [0.1, 0.15) is 58.8 Å². The zero-order chi connectivity index (χ0) is 15.7. The molecule has 0 aromatic rings. The van der Waals surface area contributed by atoms with E-state index in [9.17, 15) is 14.3 Å². The molecule has 0 bridgehead atoms. The van der Waals surface area contributed by atoms with Crippen molar-refractivity contribution in [2.75, 3.05) is 0 Å². The van der Waals surface area contributed by atoms with Crippen molar-refractivity contribution in [2.24, 2.45) is 28.6 Å². The molecule has 0 aromatic heterocycles. The van der Waals surface area contributed by atoms with Crippen molar-refractivity contribution in [2.45, 2.75) is 71.1 Å². The third-order valence-corrected chi connectivity index (χ3v) is 7.79. The molecule has 4 aliphatic carbocycles. The Bertz CT molecular complexity index is 542. The van der Waals surface area contributed by atoms with E-state index >= 15 is 0 Å².